The number of thioether (sulfide) groups is 1. The minimum atomic E-state index is -0.549. The molecule has 4 rings (SSSR count). The lowest BCUT2D eigenvalue weighted by Crippen LogP contribution is -2.32. The summed E-state index contributed by atoms with van der Waals surface area (Å²) in [5.41, 5.74) is 0.720. The van der Waals surface area contributed by atoms with E-state index in [1.807, 2.05) is 56.3 Å². The third-order valence-electron chi connectivity index (χ3n) is 5.41. The number of rotatable bonds is 9. The number of aromatic amines is 1. The Morgan fingerprint density at radius 3 is 2.58 bits per heavy atom. The predicted molar refractivity (Wildman–Crippen MR) is 138 cm³/mol. The molecule has 0 bridgehead atoms. The first-order valence-corrected chi connectivity index (χ1v) is 12.2. The summed E-state index contributed by atoms with van der Waals surface area (Å²) in [5, 5.41) is 26.2. The summed E-state index contributed by atoms with van der Waals surface area (Å²) in [5.74, 6) is -0.161. The molecule has 0 aliphatic rings. The van der Waals surface area contributed by atoms with Crippen LogP contribution in [0.25, 0.3) is 10.8 Å². The van der Waals surface area contributed by atoms with E-state index in [9.17, 15) is 19.7 Å². The number of hydrogen-bond donors (Lipinski definition) is 3. The zero-order valence-corrected chi connectivity index (χ0v) is 20.4. The van der Waals surface area contributed by atoms with Crippen LogP contribution in [-0.4, -0.2) is 37.7 Å². The number of nitrogens with one attached hydrogen (secondary N) is 3. The van der Waals surface area contributed by atoms with Crippen molar-refractivity contribution in [2.75, 3.05) is 11.1 Å². The maximum absolute atomic E-state index is 12.7. The molecule has 0 aliphatic carbocycles. The monoisotopic (exact) mass is 504 g/mol. The Bertz CT molecular complexity index is 1420. The van der Waals surface area contributed by atoms with Gasteiger partial charge in [-0.1, -0.05) is 62.0 Å². The number of amides is 2. The minimum Gasteiger partial charge on any atom is -0.342 e. The maximum Gasteiger partial charge on any atom is 0.270 e. The number of fused-ring (bicyclic) bond motifs is 1. The highest BCUT2D eigenvalue weighted by Gasteiger charge is 2.24. The van der Waals surface area contributed by atoms with Gasteiger partial charge in [-0.15, -0.1) is 5.10 Å². The Morgan fingerprint density at radius 2 is 1.83 bits per heavy atom. The van der Waals surface area contributed by atoms with E-state index >= 15 is 0 Å². The number of nitro benzene ring substituents is 1. The summed E-state index contributed by atoms with van der Waals surface area (Å²) in [6.07, 6.45) is 0. The van der Waals surface area contributed by atoms with Gasteiger partial charge in [-0.05, 0) is 34.9 Å². The van der Waals surface area contributed by atoms with E-state index in [0.717, 1.165) is 10.8 Å². The van der Waals surface area contributed by atoms with Crippen LogP contribution in [0.1, 0.15) is 36.1 Å². The van der Waals surface area contributed by atoms with Gasteiger partial charge in [-0.3, -0.25) is 24.8 Å². The van der Waals surface area contributed by atoms with Crippen LogP contribution in [0.2, 0.25) is 0 Å². The third-order valence-corrected chi connectivity index (χ3v) is 6.26. The van der Waals surface area contributed by atoms with Crippen LogP contribution in [0.3, 0.4) is 0 Å². The van der Waals surface area contributed by atoms with Gasteiger partial charge in [0.05, 0.1) is 16.7 Å². The van der Waals surface area contributed by atoms with Crippen LogP contribution >= 0.6 is 11.8 Å². The van der Waals surface area contributed by atoms with Crippen molar-refractivity contribution in [2.24, 2.45) is 5.92 Å². The van der Waals surface area contributed by atoms with Crippen molar-refractivity contribution in [3.05, 3.63) is 88.2 Å². The number of nitrogens with zero attached hydrogens (tertiary/aromatic N) is 3. The number of carbonyl (C=O) groups is 2. The molecule has 1 heterocycles. The van der Waals surface area contributed by atoms with E-state index in [1.165, 1.54) is 36.0 Å². The fourth-order valence-electron chi connectivity index (χ4n) is 3.59. The molecule has 11 heteroatoms. The molecule has 4 aromatic rings. The highest BCUT2D eigenvalue weighted by Crippen LogP contribution is 2.23. The minimum absolute atomic E-state index is 0.0466. The number of nitro groups is 1. The van der Waals surface area contributed by atoms with Gasteiger partial charge in [-0.25, -0.2) is 4.98 Å². The second kappa shape index (κ2) is 11.0. The molecule has 0 aliphatic heterocycles. The zero-order valence-electron chi connectivity index (χ0n) is 19.6. The lowest BCUT2D eigenvalue weighted by atomic mass is 10.0. The van der Waals surface area contributed by atoms with Crippen LogP contribution in [0.4, 0.5) is 11.4 Å². The van der Waals surface area contributed by atoms with Crippen LogP contribution in [-0.2, 0) is 4.79 Å². The summed E-state index contributed by atoms with van der Waals surface area (Å²) in [7, 11) is 0. The Kier molecular flexibility index (Phi) is 7.59. The summed E-state index contributed by atoms with van der Waals surface area (Å²) in [4.78, 5) is 40.1. The van der Waals surface area contributed by atoms with Gasteiger partial charge in [0, 0.05) is 23.4 Å². The average Bonchev–Trinajstić information content (AvgIpc) is 3.34. The lowest BCUT2D eigenvalue weighted by Gasteiger charge is -2.19. The number of anilines is 1. The quantitative estimate of drug-likeness (QED) is 0.170. The van der Waals surface area contributed by atoms with Gasteiger partial charge in [0.2, 0.25) is 11.1 Å². The van der Waals surface area contributed by atoms with Gasteiger partial charge in [0.25, 0.3) is 11.6 Å². The zero-order chi connectivity index (χ0) is 25.7. The molecule has 3 aromatic carbocycles. The first-order valence-electron chi connectivity index (χ1n) is 11.2. The molecule has 2 amide bonds. The van der Waals surface area contributed by atoms with Crippen LogP contribution in [0, 0.1) is 16.0 Å². The molecule has 10 nitrogen and oxygen atoms in total. The molecule has 3 N–H and O–H groups in total. The smallest absolute Gasteiger partial charge is 0.270 e. The third kappa shape index (κ3) is 6.05. The second-order valence-electron chi connectivity index (χ2n) is 8.40. The second-order valence-corrected chi connectivity index (χ2v) is 9.35. The highest BCUT2D eigenvalue weighted by molar-refractivity contribution is 7.99. The van der Waals surface area contributed by atoms with E-state index in [1.54, 1.807) is 0 Å². The summed E-state index contributed by atoms with van der Waals surface area (Å²) in [6.45, 7) is 3.81. The van der Waals surface area contributed by atoms with E-state index in [-0.39, 0.29) is 28.8 Å². The van der Waals surface area contributed by atoms with E-state index in [0.29, 0.717) is 16.7 Å². The summed E-state index contributed by atoms with van der Waals surface area (Å²) < 4.78 is 0. The molecular weight excluding hydrogens is 480 g/mol. The van der Waals surface area contributed by atoms with E-state index < -0.39 is 16.9 Å². The van der Waals surface area contributed by atoms with Crippen LogP contribution in [0.15, 0.2) is 71.9 Å². The molecule has 0 unspecified atom stereocenters. The lowest BCUT2D eigenvalue weighted by molar-refractivity contribution is -0.384. The summed E-state index contributed by atoms with van der Waals surface area (Å²) >= 11 is 1.17. The van der Waals surface area contributed by atoms with Crippen molar-refractivity contribution in [1.82, 2.24) is 20.5 Å². The van der Waals surface area contributed by atoms with Crippen molar-refractivity contribution < 1.29 is 14.5 Å². The number of hydrogen-bond acceptors (Lipinski definition) is 7. The van der Waals surface area contributed by atoms with Crippen molar-refractivity contribution in [2.45, 2.75) is 25.0 Å². The molecule has 36 heavy (non-hydrogen) atoms. The number of benzene rings is 3. The fraction of sp³-hybridized carbons (Fsp3) is 0.200. The molecule has 0 radical (unpaired) electrons. The molecule has 0 saturated heterocycles. The van der Waals surface area contributed by atoms with Crippen molar-refractivity contribution in [3.63, 3.8) is 0 Å². The SMILES string of the molecule is CC(C)[C@H](NC(=O)c1cccc([N+](=O)[O-])c1)c1nc(SCC(=O)Nc2ccc3ccccc3c2)n[nH]1. The number of non-ortho nitro benzene ring substituents is 1. The van der Waals surface area contributed by atoms with Gasteiger partial charge in [0.1, 0.15) is 5.82 Å². The van der Waals surface area contributed by atoms with Crippen LogP contribution < -0.4 is 10.6 Å². The Labute approximate surface area is 211 Å². The molecule has 184 valence electrons. The number of carbonyl (C=O) groups excluding carboxylic acids is 2. The van der Waals surface area contributed by atoms with Gasteiger partial charge in [0.15, 0.2) is 0 Å². The standard InChI is InChI=1S/C25H24N6O4S/c1-15(2)22(27-24(33)18-8-5-9-20(13-18)31(34)35)23-28-25(30-29-23)36-14-21(32)26-19-11-10-16-6-3-4-7-17(16)12-19/h3-13,15,22H,14H2,1-2H3,(H,26,32)(H,27,33)(H,28,29,30)/t22-/m0/s1. The van der Waals surface area contributed by atoms with Crippen molar-refractivity contribution in [3.8, 4) is 0 Å². The molecule has 0 fully saturated rings. The maximum atomic E-state index is 12.7. The molecule has 0 spiro atoms. The first kappa shape index (κ1) is 24.9. The summed E-state index contributed by atoms with van der Waals surface area (Å²) in [6, 6.07) is 18.6. The highest BCUT2D eigenvalue weighted by atomic mass is 32.2. The molecule has 0 saturated carbocycles. The first-order chi connectivity index (χ1) is 17.3. The predicted octanol–water partition coefficient (Wildman–Crippen LogP) is 4.72. The van der Waals surface area contributed by atoms with Crippen LogP contribution in [0.5, 0.6) is 0 Å². The Morgan fingerprint density at radius 1 is 1.06 bits per heavy atom. The van der Waals surface area contributed by atoms with Crippen molar-refractivity contribution >= 4 is 45.7 Å². The molecule has 1 aromatic heterocycles. The largest absolute Gasteiger partial charge is 0.342 e. The van der Waals surface area contributed by atoms with E-state index in [2.05, 4.69) is 25.8 Å². The number of H-pyrrole nitrogens is 1. The number of aromatic nitrogens is 3. The van der Waals surface area contributed by atoms with Crippen molar-refractivity contribution in [1.29, 1.82) is 0 Å². The van der Waals surface area contributed by atoms with Gasteiger partial charge >= 0.3 is 0 Å². The molecular formula is C25H24N6O4S. The normalized spacial score (nSPS) is 11.9. The van der Waals surface area contributed by atoms with Gasteiger partial charge in [-0.2, -0.15) is 0 Å². The Hall–Kier alpha value is -4.25. The fourth-order valence-corrected chi connectivity index (χ4v) is 4.20. The topological polar surface area (TPSA) is 143 Å². The Balaban J connectivity index is 1.37. The average molecular weight is 505 g/mol. The molecule has 1 atom stereocenters. The van der Waals surface area contributed by atoms with Gasteiger partial charge < -0.3 is 10.6 Å². The van der Waals surface area contributed by atoms with E-state index in [4.69, 9.17) is 0 Å².